The number of aliphatic carboxylic acids is 1. The number of imidazole rings is 1. The van der Waals surface area contributed by atoms with Gasteiger partial charge in [0.05, 0.1) is 16.6 Å². The number of carboxylic acid groups (broad SMARTS) is 1. The van der Waals surface area contributed by atoms with E-state index in [1.54, 1.807) is 18.3 Å². The highest BCUT2D eigenvalue weighted by molar-refractivity contribution is 7.99. The maximum absolute atomic E-state index is 15.0. The van der Waals surface area contributed by atoms with Crippen LogP contribution in [-0.4, -0.2) is 47.5 Å². The number of phenolic OH excluding ortho intramolecular Hbond substituents is 1. The highest BCUT2D eigenvalue weighted by atomic mass is 32.2. The number of hydrogen-bond acceptors (Lipinski definition) is 7. The number of aromatic hydroxyl groups is 2. The van der Waals surface area contributed by atoms with Crippen LogP contribution in [0.1, 0.15) is 27.8 Å². The summed E-state index contributed by atoms with van der Waals surface area (Å²) in [6, 6.07) is 17.9. The van der Waals surface area contributed by atoms with Crippen molar-refractivity contribution in [2.24, 2.45) is 5.73 Å². The van der Waals surface area contributed by atoms with Gasteiger partial charge in [-0.15, -0.1) is 11.8 Å². The Morgan fingerprint density at radius 1 is 0.950 bits per heavy atom. The summed E-state index contributed by atoms with van der Waals surface area (Å²) in [5, 5.41) is 29.2. The summed E-state index contributed by atoms with van der Waals surface area (Å²) in [7, 11) is 0. The summed E-state index contributed by atoms with van der Waals surface area (Å²) in [6.07, 6.45) is 1.88. The number of aromatic nitrogens is 3. The second-order valence-electron chi connectivity index (χ2n) is 9.09. The fraction of sp³-hybridized carbons (Fsp3) is 0.138. The molecule has 2 unspecified atom stereocenters. The summed E-state index contributed by atoms with van der Waals surface area (Å²) in [5.74, 6) is -3.51. The minimum atomic E-state index is -1.31. The van der Waals surface area contributed by atoms with Gasteiger partial charge in [-0.1, -0.05) is 36.4 Å². The molecule has 0 radical (unpaired) electrons. The standard InChI is InChI=1S/C29H24F2N4O4S/c30-19-7-4-8-20(31)24(19)26(40-15-21(32)29(38)39)25-28(37)35-14-23(17-9-11-18(36)12-10-17)33-22(27(35)34-25)13-16-5-2-1-3-6-16/h1-12,14,21,26,36-37H,13,15,32H2,(H,38,39). The molecule has 3 aromatic carbocycles. The lowest BCUT2D eigenvalue weighted by Crippen LogP contribution is -2.32. The Hall–Kier alpha value is -4.48. The minimum Gasteiger partial charge on any atom is -0.508 e. The van der Waals surface area contributed by atoms with Crippen molar-refractivity contribution in [3.8, 4) is 22.9 Å². The van der Waals surface area contributed by atoms with Gasteiger partial charge in [-0.05, 0) is 42.0 Å². The molecular formula is C29H24F2N4O4S. The maximum atomic E-state index is 15.0. The number of carboxylic acids is 1. The summed E-state index contributed by atoms with van der Waals surface area (Å²) in [6.45, 7) is 0. The first-order valence-corrected chi connectivity index (χ1v) is 13.3. The smallest absolute Gasteiger partial charge is 0.321 e. The normalized spacial score (nSPS) is 12.9. The third-order valence-electron chi connectivity index (χ3n) is 6.32. The molecule has 40 heavy (non-hydrogen) atoms. The lowest BCUT2D eigenvalue weighted by Gasteiger charge is -2.18. The average Bonchev–Trinajstić information content (AvgIpc) is 3.27. The second-order valence-corrected chi connectivity index (χ2v) is 10.2. The van der Waals surface area contributed by atoms with Crippen molar-refractivity contribution >= 4 is 23.4 Å². The van der Waals surface area contributed by atoms with Gasteiger partial charge >= 0.3 is 5.97 Å². The van der Waals surface area contributed by atoms with E-state index in [4.69, 9.17) is 10.7 Å². The van der Waals surface area contributed by atoms with Gasteiger partial charge in [0.2, 0.25) is 5.88 Å². The van der Waals surface area contributed by atoms with Gasteiger partial charge in [0.25, 0.3) is 0 Å². The number of thioether (sulfide) groups is 1. The van der Waals surface area contributed by atoms with Crippen LogP contribution in [-0.2, 0) is 11.2 Å². The van der Waals surface area contributed by atoms with Crippen molar-refractivity contribution in [1.82, 2.24) is 14.4 Å². The molecular weight excluding hydrogens is 538 g/mol. The van der Waals surface area contributed by atoms with Crippen molar-refractivity contribution in [1.29, 1.82) is 0 Å². The molecule has 2 heterocycles. The Bertz CT molecular complexity index is 1660. The third-order valence-corrected chi connectivity index (χ3v) is 7.67. The van der Waals surface area contributed by atoms with E-state index >= 15 is 0 Å². The zero-order valence-electron chi connectivity index (χ0n) is 20.9. The van der Waals surface area contributed by atoms with Gasteiger partial charge in [0.1, 0.15) is 29.1 Å². The number of halogens is 2. The van der Waals surface area contributed by atoms with E-state index in [9.17, 15) is 28.9 Å². The number of nitrogens with two attached hydrogens (primary N) is 1. The second kappa shape index (κ2) is 11.3. The molecule has 8 nitrogen and oxygen atoms in total. The van der Waals surface area contributed by atoms with E-state index < -0.39 is 28.9 Å². The van der Waals surface area contributed by atoms with Crippen LogP contribution in [0.5, 0.6) is 11.6 Å². The van der Waals surface area contributed by atoms with Crippen LogP contribution >= 0.6 is 11.8 Å². The Kier molecular flexibility index (Phi) is 7.67. The van der Waals surface area contributed by atoms with Crippen LogP contribution in [0.2, 0.25) is 0 Å². The van der Waals surface area contributed by atoms with Crippen molar-refractivity contribution in [3.05, 3.63) is 113 Å². The first-order valence-electron chi connectivity index (χ1n) is 12.2. The Labute approximate surface area is 231 Å². The number of hydrogen-bond donors (Lipinski definition) is 4. The van der Waals surface area contributed by atoms with Gasteiger partial charge < -0.3 is 21.1 Å². The molecule has 0 saturated heterocycles. The van der Waals surface area contributed by atoms with Crippen molar-refractivity contribution in [3.63, 3.8) is 0 Å². The first kappa shape index (κ1) is 27.1. The van der Waals surface area contributed by atoms with E-state index in [1.165, 1.54) is 22.6 Å². The minimum absolute atomic E-state index is 0.0643. The van der Waals surface area contributed by atoms with Gasteiger partial charge in [-0.3, -0.25) is 9.20 Å². The molecule has 0 saturated carbocycles. The number of phenols is 1. The number of nitrogens with zero attached hydrogens (tertiary/aromatic N) is 3. The van der Waals surface area contributed by atoms with E-state index in [1.807, 2.05) is 30.3 Å². The highest BCUT2D eigenvalue weighted by Crippen LogP contribution is 2.42. The van der Waals surface area contributed by atoms with Crippen molar-refractivity contribution < 1.29 is 28.9 Å². The van der Waals surface area contributed by atoms with Crippen LogP contribution in [0.4, 0.5) is 8.78 Å². The molecule has 5 N–H and O–H groups in total. The average molecular weight is 563 g/mol. The number of rotatable bonds is 9. The Morgan fingerprint density at radius 2 is 1.62 bits per heavy atom. The van der Waals surface area contributed by atoms with Gasteiger partial charge in [-0.2, -0.15) is 0 Å². The molecule has 204 valence electrons. The van der Waals surface area contributed by atoms with E-state index in [-0.39, 0.29) is 34.3 Å². The lowest BCUT2D eigenvalue weighted by molar-refractivity contribution is -0.137. The third kappa shape index (κ3) is 5.47. The van der Waals surface area contributed by atoms with E-state index in [2.05, 4.69) is 4.98 Å². The molecule has 0 aliphatic carbocycles. The molecule has 0 amide bonds. The van der Waals surface area contributed by atoms with Gasteiger partial charge in [0.15, 0.2) is 5.65 Å². The number of carbonyl (C=O) groups is 1. The van der Waals surface area contributed by atoms with Crippen LogP contribution in [0, 0.1) is 11.6 Å². The molecule has 2 atom stereocenters. The highest BCUT2D eigenvalue weighted by Gasteiger charge is 2.31. The molecule has 5 rings (SSSR count). The zero-order chi connectivity index (χ0) is 28.4. The quantitative estimate of drug-likeness (QED) is 0.199. The van der Waals surface area contributed by atoms with Crippen molar-refractivity contribution in [2.45, 2.75) is 17.7 Å². The number of fused-ring (bicyclic) bond motifs is 1. The van der Waals surface area contributed by atoms with Crippen LogP contribution in [0.15, 0.2) is 79.0 Å². The number of benzene rings is 3. The molecule has 0 aliphatic heterocycles. The predicted octanol–water partition coefficient (Wildman–Crippen LogP) is 4.91. The molecule has 0 aliphatic rings. The summed E-state index contributed by atoms with van der Waals surface area (Å²) < 4.78 is 31.4. The van der Waals surface area contributed by atoms with Crippen LogP contribution in [0.3, 0.4) is 0 Å². The van der Waals surface area contributed by atoms with E-state index in [0.29, 0.717) is 23.4 Å². The SMILES string of the molecule is NC(CSC(c1nc2c(Cc3ccccc3)nc(-c3ccc(O)cc3)cn2c1O)c1c(F)cccc1F)C(=O)O. The topological polar surface area (TPSA) is 134 Å². The monoisotopic (exact) mass is 562 g/mol. The summed E-state index contributed by atoms with van der Waals surface area (Å²) in [4.78, 5) is 20.8. The Balaban J connectivity index is 1.70. The molecule has 0 bridgehead atoms. The summed E-state index contributed by atoms with van der Waals surface area (Å²) >= 11 is 0.864. The molecule has 0 fully saturated rings. The predicted molar refractivity (Wildman–Crippen MR) is 147 cm³/mol. The fourth-order valence-electron chi connectivity index (χ4n) is 4.30. The molecule has 2 aromatic heterocycles. The van der Waals surface area contributed by atoms with Crippen LogP contribution < -0.4 is 5.73 Å². The zero-order valence-corrected chi connectivity index (χ0v) is 21.7. The van der Waals surface area contributed by atoms with Crippen LogP contribution in [0.25, 0.3) is 16.9 Å². The van der Waals surface area contributed by atoms with Gasteiger partial charge in [-0.25, -0.2) is 18.7 Å². The fourth-order valence-corrected chi connectivity index (χ4v) is 5.55. The van der Waals surface area contributed by atoms with Gasteiger partial charge in [0, 0.05) is 29.5 Å². The van der Waals surface area contributed by atoms with Crippen molar-refractivity contribution in [2.75, 3.05) is 5.75 Å². The lowest BCUT2D eigenvalue weighted by atomic mass is 10.1. The first-order chi connectivity index (χ1) is 19.2. The molecule has 5 aromatic rings. The largest absolute Gasteiger partial charge is 0.508 e. The Morgan fingerprint density at radius 3 is 2.27 bits per heavy atom. The van der Waals surface area contributed by atoms with E-state index in [0.717, 1.165) is 29.5 Å². The molecule has 0 spiro atoms. The maximum Gasteiger partial charge on any atom is 0.321 e. The molecule has 11 heteroatoms. The summed E-state index contributed by atoms with van der Waals surface area (Å²) in [5.41, 5.74) is 8.04.